The number of nitrogens with one attached hydrogen (secondary N) is 2. The summed E-state index contributed by atoms with van der Waals surface area (Å²) in [7, 11) is 0. The number of hydrogen-bond donors (Lipinski definition) is 2. The van der Waals surface area contributed by atoms with Gasteiger partial charge >= 0.3 is 0 Å². The maximum Gasteiger partial charge on any atom is 0.255 e. The molecule has 7 heteroatoms. The van der Waals surface area contributed by atoms with Crippen LogP contribution >= 0.6 is 11.6 Å². The summed E-state index contributed by atoms with van der Waals surface area (Å²) in [5.74, 6) is 0.412. The van der Waals surface area contributed by atoms with E-state index in [2.05, 4.69) is 20.7 Å². The lowest BCUT2D eigenvalue weighted by Crippen LogP contribution is -2.31. The van der Waals surface area contributed by atoms with Crippen molar-refractivity contribution in [1.82, 2.24) is 14.8 Å². The number of fused-ring (bicyclic) bond motifs is 1. The number of hydrogen-bond acceptors (Lipinski definition) is 4. The summed E-state index contributed by atoms with van der Waals surface area (Å²) in [6.45, 7) is 3.90. The number of aromatic nitrogens is 3. The van der Waals surface area contributed by atoms with Crippen LogP contribution in [-0.4, -0.2) is 20.7 Å². The Kier molecular flexibility index (Phi) is 4.41. The smallest absolute Gasteiger partial charge is 0.255 e. The third kappa shape index (κ3) is 3.31. The van der Waals surface area contributed by atoms with E-state index >= 15 is 0 Å². The van der Waals surface area contributed by atoms with Gasteiger partial charge in [-0.1, -0.05) is 41.4 Å². The highest BCUT2D eigenvalue weighted by Crippen LogP contribution is 2.35. The van der Waals surface area contributed by atoms with E-state index in [-0.39, 0.29) is 11.9 Å². The van der Waals surface area contributed by atoms with E-state index in [1.54, 1.807) is 28.9 Å². The molecule has 0 saturated carbocycles. The quantitative estimate of drug-likeness (QED) is 0.716. The van der Waals surface area contributed by atoms with Crippen LogP contribution in [0.2, 0.25) is 5.02 Å². The van der Waals surface area contributed by atoms with Gasteiger partial charge in [0.15, 0.2) is 0 Å². The maximum atomic E-state index is 13.1. The van der Waals surface area contributed by atoms with Gasteiger partial charge in [-0.25, -0.2) is 4.68 Å². The van der Waals surface area contributed by atoms with E-state index < -0.39 is 0 Å². The number of amides is 1. The van der Waals surface area contributed by atoms with Crippen molar-refractivity contribution in [3.8, 4) is 0 Å². The number of nitrogens with zero attached hydrogens (tertiary/aromatic N) is 3. The van der Waals surface area contributed by atoms with Crippen molar-refractivity contribution in [3.63, 3.8) is 0 Å². The molecule has 2 N–H and O–H groups in total. The summed E-state index contributed by atoms with van der Waals surface area (Å²) in [5.41, 5.74) is 4.13. The number of anilines is 2. The molecule has 1 amide bonds. The first-order chi connectivity index (χ1) is 13.0. The van der Waals surface area contributed by atoms with Crippen molar-refractivity contribution in [2.75, 3.05) is 10.6 Å². The first-order valence-electron chi connectivity index (χ1n) is 8.54. The van der Waals surface area contributed by atoms with Crippen LogP contribution in [0.4, 0.5) is 11.6 Å². The predicted molar refractivity (Wildman–Crippen MR) is 106 cm³/mol. The fraction of sp³-hybridized carbons (Fsp3) is 0.150. The molecule has 0 fully saturated rings. The number of allylic oxidation sites excluding steroid dienone is 1. The molecule has 0 unspecified atom stereocenters. The largest absolute Gasteiger partial charge is 0.328 e. The Hall–Kier alpha value is -3.12. The molecule has 3 aromatic rings. The van der Waals surface area contributed by atoms with Crippen LogP contribution in [0.5, 0.6) is 0 Å². The van der Waals surface area contributed by atoms with Gasteiger partial charge in [0.2, 0.25) is 5.95 Å². The summed E-state index contributed by atoms with van der Waals surface area (Å²) in [6, 6.07) is 14.7. The van der Waals surface area contributed by atoms with Gasteiger partial charge in [0.1, 0.15) is 12.4 Å². The van der Waals surface area contributed by atoms with Crippen molar-refractivity contribution in [1.29, 1.82) is 0 Å². The van der Waals surface area contributed by atoms with E-state index in [0.717, 1.165) is 16.8 Å². The Labute approximate surface area is 161 Å². The number of carbonyl (C=O) groups is 1. The zero-order valence-electron chi connectivity index (χ0n) is 14.9. The van der Waals surface area contributed by atoms with Crippen LogP contribution in [-0.2, 0) is 4.79 Å². The molecular weight excluding hydrogens is 362 g/mol. The van der Waals surface area contributed by atoms with Crippen molar-refractivity contribution in [3.05, 3.63) is 82.3 Å². The van der Waals surface area contributed by atoms with E-state index in [9.17, 15) is 4.79 Å². The van der Waals surface area contributed by atoms with Gasteiger partial charge in [0.05, 0.1) is 5.57 Å². The monoisotopic (exact) mass is 379 g/mol. The average Bonchev–Trinajstić information content (AvgIpc) is 3.11. The zero-order chi connectivity index (χ0) is 19.0. The number of benzene rings is 2. The molecule has 0 aliphatic carbocycles. The third-order valence-electron chi connectivity index (χ3n) is 4.53. The molecule has 1 atom stereocenters. The minimum absolute atomic E-state index is 0.200. The number of carbonyl (C=O) groups excluding carboxylic acids is 1. The van der Waals surface area contributed by atoms with Gasteiger partial charge in [-0.15, -0.1) is 0 Å². The third-order valence-corrected chi connectivity index (χ3v) is 4.79. The summed E-state index contributed by atoms with van der Waals surface area (Å²) in [4.78, 5) is 17.4. The zero-order valence-corrected chi connectivity index (χ0v) is 15.7. The van der Waals surface area contributed by atoms with Crippen molar-refractivity contribution >= 4 is 29.1 Å². The fourth-order valence-electron chi connectivity index (χ4n) is 3.17. The minimum Gasteiger partial charge on any atom is -0.328 e. The molecule has 4 rings (SSSR count). The first kappa shape index (κ1) is 17.3. The molecule has 6 nitrogen and oxygen atoms in total. The number of halogens is 1. The second-order valence-electron chi connectivity index (χ2n) is 6.47. The van der Waals surface area contributed by atoms with Crippen molar-refractivity contribution < 1.29 is 4.79 Å². The van der Waals surface area contributed by atoms with Gasteiger partial charge < -0.3 is 10.6 Å². The molecule has 0 spiro atoms. The van der Waals surface area contributed by atoms with Crippen LogP contribution in [0.15, 0.2) is 66.1 Å². The highest BCUT2D eigenvalue weighted by molar-refractivity contribution is 6.30. The molecule has 1 aliphatic heterocycles. The van der Waals surface area contributed by atoms with Gasteiger partial charge in [-0.05, 0) is 43.7 Å². The molecule has 2 aromatic carbocycles. The molecule has 136 valence electrons. The summed E-state index contributed by atoms with van der Waals surface area (Å²) >= 11 is 5.93. The highest BCUT2D eigenvalue weighted by Gasteiger charge is 2.33. The Balaban J connectivity index is 1.74. The lowest BCUT2D eigenvalue weighted by atomic mass is 9.94. The van der Waals surface area contributed by atoms with Crippen LogP contribution in [0.1, 0.15) is 24.1 Å². The molecule has 0 bridgehead atoms. The van der Waals surface area contributed by atoms with Gasteiger partial charge in [-0.2, -0.15) is 10.1 Å². The summed E-state index contributed by atoms with van der Waals surface area (Å²) in [5, 5.41) is 11.1. The summed E-state index contributed by atoms with van der Waals surface area (Å²) < 4.78 is 1.73. The van der Waals surface area contributed by atoms with E-state index in [1.807, 2.05) is 38.1 Å². The Bertz CT molecular complexity index is 1020. The topological polar surface area (TPSA) is 71.8 Å². The Morgan fingerprint density at radius 2 is 1.81 bits per heavy atom. The molecule has 1 aromatic heterocycles. The van der Waals surface area contributed by atoms with Crippen LogP contribution < -0.4 is 10.6 Å². The van der Waals surface area contributed by atoms with E-state index in [1.165, 1.54) is 6.33 Å². The highest BCUT2D eigenvalue weighted by atomic mass is 35.5. The second kappa shape index (κ2) is 6.89. The number of rotatable bonds is 3. The van der Waals surface area contributed by atoms with Crippen molar-refractivity contribution in [2.45, 2.75) is 19.9 Å². The SMILES string of the molecule is CC1=C(C(=O)Nc2ccc(Cl)cc2)[C@H](c2ccc(C)cc2)n2ncnc2N1. The van der Waals surface area contributed by atoms with Crippen LogP contribution in [0.3, 0.4) is 0 Å². The average molecular weight is 380 g/mol. The molecule has 27 heavy (non-hydrogen) atoms. The molecule has 0 saturated heterocycles. The number of aryl methyl sites for hydroxylation is 1. The molecule has 2 heterocycles. The fourth-order valence-corrected chi connectivity index (χ4v) is 3.30. The maximum absolute atomic E-state index is 13.1. The minimum atomic E-state index is -0.364. The van der Waals surface area contributed by atoms with Gasteiger partial charge in [0.25, 0.3) is 5.91 Å². The predicted octanol–water partition coefficient (Wildman–Crippen LogP) is 4.17. The van der Waals surface area contributed by atoms with Crippen molar-refractivity contribution in [2.24, 2.45) is 0 Å². The Morgan fingerprint density at radius 3 is 2.52 bits per heavy atom. The van der Waals surface area contributed by atoms with Gasteiger partial charge in [-0.3, -0.25) is 4.79 Å². The molecular formula is C20H18ClN5O. The Morgan fingerprint density at radius 1 is 1.11 bits per heavy atom. The van der Waals surface area contributed by atoms with Gasteiger partial charge in [0, 0.05) is 16.4 Å². The lowest BCUT2D eigenvalue weighted by molar-refractivity contribution is -0.113. The van der Waals surface area contributed by atoms with E-state index in [4.69, 9.17) is 11.6 Å². The summed E-state index contributed by atoms with van der Waals surface area (Å²) in [6.07, 6.45) is 1.48. The van der Waals surface area contributed by atoms with Crippen LogP contribution in [0, 0.1) is 6.92 Å². The normalized spacial score (nSPS) is 15.9. The molecule has 0 radical (unpaired) electrons. The van der Waals surface area contributed by atoms with E-state index in [0.29, 0.717) is 22.2 Å². The first-order valence-corrected chi connectivity index (χ1v) is 8.91. The lowest BCUT2D eigenvalue weighted by Gasteiger charge is -2.28. The second-order valence-corrected chi connectivity index (χ2v) is 6.90. The molecule has 1 aliphatic rings. The van der Waals surface area contributed by atoms with Crippen LogP contribution in [0.25, 0.3) is 0 Å². The standard InChI is InChI=1S/C20H18ClN5O/c1-12-3-5-14(6-4-12)18-17(13(2)24-20-22-11-23-26(18)20)19(27)25-16-9-7-15(21)8-10-16/h3-11,18H,1-2H3,(H,25,27)(H,22,23,24)/t18-/m0/s1.